The van der Waals surface area contributed by atoms with E-state index in [0.717, 1.165) is 23.4 Å². The van der Waals surface area contributed by atoms with Crippen LogP contribution in [0.3, 0.4) is 0 Å². The molecule has 0 aliphatic carbocycles. The Bertz CT molecular complexity index is 241. The summed E-state index contributed by atoms with van der Waals surface area (Å²) in [5.74, 6) is 0. The van der Waals surface area contributed by atoms with Gasteiger partial charge in [0.05, 0.1) is 0 Å². The van der Waals surface area contributed by atoms with Crippen LogP contribution in [-0.4, -0.2) is 4.55 Å². The van der Waals surface area contributed by atoms with Crippen molar-refractivity contribution >= 4 is 12.0 Å². The van der Waals surface area contributed by atoms with Crippen LogP contribution in [0.15, 0.2) is 41.8 Å². The van der Waals surface area contributed by atoms with Gasteiger partial charge in [-0.05, 0) is 25.5 Å². The van der Waals surface area contributed by atoms with Gasteiger partial charge in [0.2, 0.25) is 0 Å². The van der Waals surface area contributed by atoms with E-state index in [9.17, 15) is 0 Å². The molecular formula is C12H18OS. The smallest absolute Gasteiger partial charge is 0.0350 e. The largest absolute Gasteiger partial charge is 0.325 e. The summed E-state index contributed by atoms with van der Waals surface area (Å²) < 4.78 is 8.55. The molecule has 1 N–H and O–H groups in total. The fourth-order valence-electron chi connectivity index (χ4n) is 0.803. The van der Waals surface area contributed by atoms with Crippen LogP contribution in [0.25, 0.3) is 0 Å². The zero-order valence-electron chi connectivity index (χ0n) is 8.86. The molecule has 0 unspecified atom stereocenters. The molecule has 1 aromatic carbocycles. The highest BCUT2D eigenvalue weighted by Gasteiger charge is 1.87. The first-order chi connectivity index (χ1) is 6.74. The molecule has 0 atom stereocenters. The van der Waals surface area contributed by atoms with Crippen LogP contribution in [-0.2, 0) is 0 Å². The first kappa shape index (κ1) is 13.3. The van der Waals surface area contributed by atoms with Crippen molar-refractivity contribution in [3.8, 4) is 0 Å². The van der Waals surface area contributed by atoms with Crippen molar-refractivity contribution in [2.45, 2.75) is 31.6 Å². The number of hydrogen-bond acceptors (Lipinski definition) is 2. The molecule has 1 aromatic rings. The standard InChI is InChI=1S/C7H8OS.C5H10/c1-6-2-4-7(9-8)5-3-6;1-3-5-4-2/h2-5,8H,1H3;3H,1,4-5H2,2H3. The topological polar surface area (TPSA) is 20.2 Å². The van der Waals surface area contributed by atoms with E-state index in [-0.39, 0.29) is 0 Å². The summed E-state index contributed by atoms with van der Waals surface area (Å²) in [6.07, 6.45) is 4.31. The molecule has 0 aromatic heterocycles. The van der Waals surface area contributed by atoms with Gasteiger partial charge in [-0.1, -0.05) is 37.1 Å². The Morgan fingerprint density at radius 1 is 1.36 bits per heavy atom. The molecular weight excluding hydrogens is 192 g/mol. The summed E-state index contributed by atoms with van der Waals surface area (Å²) in [6, 6.07) is 7.72. The van der Waals surface area contributed by atoms with Crippen LogP contribution >= 0.6 is 12.0 Å². The number of aryl methyl sites for hydroxylation is 1. The predicted octanol–water partition coefficient (Wildman–Crippen LogP) is 4.53. The second kappa shape index (κ2) is 8.85. The quantitative estimate of drug-likeness (QED) is 0.584. The number of benzene rings is 1. The molecule has 0 bridgehead atoms. The Hall–Kier alpha value is -0.730. The Morgan fingerprint density at radius 3 is 2.21 bits per heavy atom. The lowest BCUT2D eigenvalue weighted by atomic mass is 10.2. The van der Waals surface area contributed by atoms with Crippen molar-refractivity contribution in [3.63, 3.8) is 0 Å². The molecule has 0 saturated heterocycles. The number of unbranched alkanes of at least 4 members (excludes halogenated alkanes) is 1. The Balaban J connectivity index is 0.000000292. The molecule has 78 valence electrons. The third-order valence-electron chi connectivity index (χ3n) is 1.62. The van der Waals surface area contributed by atoms with Gasteiger partial charge in [-0.2, -0.15) is 0 Å². The highest BCUT2D eigenvalue weighted by molar-refractivity contribution is 7.93. The summed E-state index contributed by atoms with van der Waals surface area (Å²) in [5.41, 5.74) is 1.22. The molecule has 0 amide bonds. The molecule has 1 rings (SSSR count). The predicted molar refractivity (Wildman–Crippen MR) is 64.8 cm³/mol. The minimum atomic E-state index is 0.777. The third kappa shape index (κ3) is 6.75. The van der Waals surface area contributed by atoms with E-state index in [2.05, 4.69) is 13.5 Å². The van der Waals surface area contributed by atoms with E-state index in [1.54, 1.807) is 0 Å². The monoisotopic (exact) mass is 210 g/mol. The Kier molecular flexibility index (Phi) is 8.39. The van der Waals surface area contributed by atoms with Crippen LogP contribution in [0.4, 0.5) is 0 Å². The van der Waals surface area contributed by atoms with Crippen molar-refractivity contribution < 1.29 is 4.55 Å². The number of allylic oxidation sites excluding steroid dienone is 1. The van der Waals surface area contributed by atoms with Gasteiger partial charge < -0.3 is 4.55 Å². The number of rotatable bonds is 3. The summed E-state index contributed by atoms with van der Waals surface area (Å²) >= 11 is 0.777. The zero-order chi connectivity index (χ0) is 10.8. The van der Waals surface area contributed by atoms with Crippen molar-refractivity contribution in [2.24, 2.45) is 0 Å². The van der Waals surface area contributed by atoms with E-state index in [0.29, 0.717) is 0 Å². The molecule has 2 heteroatoms. The van der Waals surface area contributed by atoms with Gasteiger partial charge in [0.1, 0.15) is 0 Å². The SMILES string of the molecule is C=CCCC.Cc1ccc(SO)cc1. The second-order valence-corrected chi connectivity index (χ2v) is 3.64. The normalized spacial score (nSPS) is 8.79. The van der Waals surface area contributed by atoms with Gasteiger partial charge in [-0.25, -0.2) is 0 Å². The van der Waals surface area contributed by atoms with E-state index in [1.807, 2.05) is 37.3 Å². The van der Waals surface area contributed by atoms with Crippen LogP contribution < -0.4 is 0 Å². The average molecular weight is 210 g/mol. The molecule has 0 aliphatic heterocycles. The fraction of sp³-hybridized carbons (Fsp3) is 0.333. The van der Waals surface area contributed by atoms with Gasteiger partial charge in [0.15, 0.2) is 0 Å². The third-order valence-corrected chi connectivity index (χ3v) is 2.10. The van der Waals surface area contributed by atoms with Gasteiger partial charge in [0, 0.05) is 16.9 Å². The van der Waals surface area contributed by atoms with E-state index < -0.39 is 0 Å². The first-order valence-electron chi connectivity index (χ1n) is 4.73. The van der Waals surface area contributed by atoms with Crippen molar-refractivity contribution in [1.29, 1.82) is 0 Å². The summed E-state index contributed by atoms with van der Waals surface area (Å²) in [6.45, 7) is 7.71. The highest BCUT2D eigenvalue weighted by atomic mass is 32.2. The van der Waals surface area contributed by atoms with Crippen molar-refractivity contribution in [3.05, 3.63) is 42.5 Å². The van der Waals surface area contributed by atoms with Crippen LogP contribution in [0, 0.1) is 6.92 Å². The lowest BCUT2D eigenvalue weighted by molar-refractivity contribution is 0.664. The minimum absolute atomic E-state index is 0.777. The van der Waals surface area contributed by atoms with Crippen molar-refractivity contribution in [2.75, 3.05) is 0 Å². The van der Waals surface area contributed by atoms with Crippen molar-refractivity contribution in [1.82, 2.24) is 0 Å². The highest BCUT2D eigenvalue weighted by Crippen LogP contribution is 2.13. The van der Waals surface area contributed by atoms with Gasteiger partial charge in [-0.3, -0.25) is 0 Å². The molecule has 0 spiro atoms. The molecule has 0 aliphatic rings. The van der Waals surface area contributed by atoms with Gasteiger partial charge in [0.25, 0.3) is 0 Å². The lowest BCUT2D eigenvalue weighted by Crippen LogP contribution is -1.70. The van der Waals surface area contributed by atoms with E-state index in [1.165, 1.54) is 12.0 Å². The van der Waals surface area contributed by atoms with Crippen LogP contribution in [0.1, 0.15) is 25.3 Å². The van der Waals surface area contributed by atoms with Gasteiger partial charge >= 0.3 is 0 Å². The average Bonchev–Trinajstić information content (AvgIpc) is 2.21. The molecule has 0 fully saturated rings. The lowest BCUT2D eigenvalue weighted by Gasteiger charge is -1.92. The van der Waals surface area contributed by atoms with E-state index in [4.69, 9.17) is 4.55 Å². The minimum Gasteiger partial charge on any atom is -0.325 e. The fourth-order valence-corrected chi connectivity index (χ4v) is 1.06. The van der Waals surface area contributed by atoms with Crippen LogP contribution in [0.5, 0.6) is 0 Å². The first-order valence-corrected chi connectivity index (χ1v) is 5.51. The maximum absolute atomic E-state index is 8.55. The molecule has 0 radical (unpaired) electrons. The van der Waals surface area contributed by atoms with E-state index >= 15 is 0 Å². The molecule has 14 heavy (non-hydrogen) atoms. The maximum atomic E-state index is 8.55. The van der Waals surface area contributed by atoms with Crippen LogP contribution in [0.2, 0.25) is 0 Å². The molecule has 0 saturated carbocycles. The van der Waals surface area contributed by atoms with Gasteiger partial charge in [-0.15, -0.1) is 6.58 Å². The Morgan fingerprint density at radius 2 is 1.93 bits per heavy atom. The maximum Gasteiger partial charge on any atom is 0.0350 e. The molecule has 1 nitrogen and oxygen atoms in total. The summed E-state index contributed by atoms with van der Waals surface area (Å²) in [5, 5.41) is 0. The summed E-state index contributed by atoms with van der Waals surface area (Å²) in [7, 11) is 0. The second-order valence-electron chi connectivity index (χ2n) is 2.98. The zero-order valence-corrected chi connectivity index (χ0v) is 9.68. The number of hydrogen-bond donors (Lipinski definition) is 1. The summed E-state index contributed by atoms with van der Waals surface area (Å²) in [4.78, 5) is 0.889. The Labute approximate surface area is 91.1 Å². The molecule has 0 heterocycles.